The number of rotatable bonds is 4. The van der Waals surface area contributed by atoms with Crippen molar-refractivity contribution < 1.29 is 14.4 Å². The largest absolute Gasteiger partial charge is 0.382 e. The summed E-state index contributed by atoms with van der Waals surface area (Å²) in [6.45, 7) is 2.47. The molecule has 1 unspecified atom stereocenters. The molecule has 38 heavy (non-hydrogen) atoms. The van der Waals surface area contributed by atoms with E-state index in [9.17, 15) is 14.4 Å². The molecule has 3 aliphatic rings. The van der Waals surface area contributed by atoms with Crippen LogP contribution in [0.25, 0.3) is 0 Å². The first-order valence-corrected chi connectivity index (χ1v) is 12.9. The molecule has 1 aromatic heterocycles. The number of piperidine rings is 1. The van der Waals surface area contributed by atoms with E-state index >= 15 is 0 Å². The number of amides is 3. The number of hydrogen-bond donors (Lipinski definition) is 4. The monoisotopic (exact) mass is 559 g/mol. The zero-order valence-electron chi connectivity index (χ0n) is 20.4. The van der Waals surface area contributed by atoms with Gasteiger partial charge in [0.15, 0.2) is 28.4 Å². The molecule has 14 heteroatoms. The first-order valence-electron chi connectivity index (χ1n) is 12.2. The third-order valence-corrected chi connectivity index (χ3v) is 7.71. The lowest BCUT2D eigenvalue weighted by atomic mass is 9.88. The lowest BCUT2D eigenvalue weighted by Crippen LogP contribution is -2.54. The van der Waals surface area contributed by atoms with Gasteiger partial charge in [-0.2, -0.15) is 4.99 Å². The maximum absolute atomic E-state index is 13.2. The van der Waals surface area contributed by atoms with Gasteiger partial charge in [-0.1, -0.05) is 35.3 Å². The fourth-order valence-electron chi connectivity index (χ4n) is 5.03. The van der Waals surface area contributed by atoms with Crippen LogP contribution in [-0.2, 0) is 16.1 Å². The van der Waals surface area contributed by atoms with Crippen molar-refractivity contribution in [2.24, 2.45) is 10.9 Å². The molecule has 0 saturated carbocycles. The smallest absolute Gasteiger partial charge is 0.302 e. The van der Waals surface area contributed by atoms with E-state index in [0.717, 1.165) is 5.56 Å². The lowest BCUT2D eigenvalue weighted by molar-refractivity contribution is -0.137. The number of anilines is 2. The Balaban J connectivity index is 1.15. The standard InChI is InChI=1S/C24H27Cl2N9O3/c25-15-3-1-13(2-4-15)10-35-11-14(9-16(35)36)22(38)34-7-5-24(6-8-34)12-29-23(33-24)32-21(37)17-19(27)31-20(28)18(26)30-17/h1-4,14H,5-12H2,(H4,27,28,31)(H2,29,32,33,37). The van der Waals surface area contributed by atoms with Gasteiger partial charge in [-0.25, -0.2) is 9.97 Å². The molecule has 0 aliphatic carbocycles. The van der Waals surface area contributed by atoms with Crippen LogP contribution in [0.3, 0.4) is 0 Å². The quantitative estimate of drug-likeness (QED) is 0.427. The normalized spacial score (nSPS) is 21.6. The van der Waals surface area contributed by atoms with E-state index in [0.29, 0.717) is 56.5 Å². The predicted octanol–water partition coefficient (Wildman–Crippen LogP) is 1.05. The van der Waals surface area contributed by atoms with Crippen molar-refractivity contribution in [3.05, 3.63) is 45.7 Å². The third-order valence-electron chi connectivity index (χ3n) is 7.18. The number of aliphatic imine (C=N–C) groups is 1. The highest BCUT2D eigenvalue weighted by molar-refractivity contribution is 6.31. The minimum absolute atomic E-state index is 0.00360. The Hall–Kier alpha value is -3.64. The first kappa shape index (κ1) is 26.0. The number of nitrogens with two attached hydrogens (primary N) is 2. The number of aromatic nitrogens is 2. The van der Waals surface area contributed by atoms with E-state index in [4.69, 9.17) is 34.7 Å². The summed E-state index contributed by atoms with van der Waals surface area (Å²) in [6, 6.07) is 7.35. The molecule has 1 spiro atoms. The van der Waals surface area contributed by atoms with Crippen molar-refractivity contribution in [1.82, 2.24) is 30.4 Å². The molecule has 0 radical (unpaired) electrons. The van der Waals surface area contributed by atoms with Gasteiger partial charge in [-0.3, -0.25) is 14.4 Å². The Morgan fingerprint density at radius 3 is 2.53 bits per heavy atom. The summed E-state index contributed by atoms with van der Waals surface area (Å²) in [5, 5.41) is 6.91. The molecule has 3 fully saturated rings. The van der Waals surface area contributed by atoms with Crippen molar-refractivity contribution in [3.63, 3.8) is 0 Å². The molecule has 4 heterocycles. The van der Waals surface area contributed by atoms with Gasteiger partial charge in [0.25, 0.3) is 0 Å². The molecule has 2 aromatic rings. The summed E-state index contributed by atoms with van der Waals surface area (Å²) in [7, 11) is 0. The molecular formula is C24H27Cl2N9O3. The Morgan fingerprint density at radius 1 is 1.11 bits per heavy atom. The summed E-state index contributed by atoms with van der Waals surface area (Å²) < 4.78 is 0. The molecule has 1 atom stereocenters. The van der Waals surface area contributed by atoms with Crippen LogP contribution >= 0.6 is 23.2 Å². The van der Waals surface area contributed by atoms with Crippen LogP contribution in [0, 0.1) is 5.92 Å². The van der Waals surface area contributed by atoms with Crippen molar-refractivity contribution in [2.75, 3.05) is 37.6 Å². The molecule has 0 bridgehead atoms. The van der Waals surface area contributed by atoms with Crippen molar-refractivity contribution in [3.8, 4) is 0 Å². The number of nitrogen functional groups attached to an aromatic ring is 2. The van der Waals surface area contributed by atoms with Gasteiger partial charge < -0.3 is 31.9 Å². The number of hydrogen-bond acceptors (Lipinski definition) is 7. The summed E-state index contributed by atoms with van der Waals surface area (Å²) in [5.74, 6) is -1.01. The Labute approximate surface area is 228 Å². The van der Waals surface area contributed by atoms with Crippen LogP contribution in [0.15, 0.2) is 29.3 Å². The summed E-state index contributed by atoms with van der Waals surface area (Å²) in [4.78, 5) is 53.7. The molecule has 5 rings (SSSR count). The zero-order valence-corrected chi connectivity index (χ0v) is 21.9. The predicted molar refractivity (Wildman–Crippen MR) is 142 cm³/mol. The van der Waals surface area contributed by atoms with E-state index in [1.807, 2.05) is 17.0 Å². The average Bonchev–Trinajstić information content (AvgIpc) is 3.45. The topological polar surface area (TPSA) is 172 Å². The summed E-state index contributed by atoms with van der Waals surface area (Å²) >= 11 is 11.8. The molecule has 3 saturated heterocycles. The summed E-state index contributed by atoms with van der Waals surface area (Å²) in [5.41, 5.74) is 11.7. The third kappa shape index (κ3) is 5.32. The second kappa shape index (κ2) is 10.3. The fraction of sp³-hybridized carbons (Fsp3) is 0.417. The van der Waals surface area contributed by atoms with E-state index in [-0.39, 0.29) is 52.2 Å². The van der Waals surface area contributed by atoms with E-state index in [1.165, 1.54) is 0 Å². The minimum atomic E-state index is -0.703. The van der Waals surface area contributed by atoms with Crippen LogP contribution in [0.4, 0.5) is 11.6 Å². The van der Waals surface area contributed by atoms with E-state index in [2.05, 4.69) is 25.6 Å². The molecule has 200 valence electrons. The van der Waals surface area contributed by atoms with Crippen molar-refractivity contribution in [2.45, 2.75) is 31.3 Å². The number of benzene rings is 1. The van der Waals surface area contributed by atoms with E-state index in [1.54, 1.807) is 17.0 Å². The fourth-order valence-corrected chi connectivity index (χ4v) is 5.28. The average molecular weight is 560 g/mol. The molecule has 12 nitrogen and oxygen atoms in total. The van der Waals surface area contributed by atoms with Gasteiger partial charge in [0.05, 0.1) is 11.5 Å². The highest BCUT2D eigenvalue weighted by Gasteiger charge is 2.43. The van der Waals surface area contributed by atoms with Gasteiger partial charge in [-0.05, 0) is 30.5 Å². The second-order valence-corrected chi connectivity index (χ2v) is 10.6. The number of nitrogens with one attached hydrogen (secondary N) is 2. The van der Waals surface area contributed by atoms with Crippen molar-refractivity contribution in [1.29, 1.82) is 0 Å². The van der Waals surface area contributed by atoms with Gasteiger partial charge in [0.1, 0.15) is 0 Å². The van der Waals surface area contributed by atoms with Gasteiger partial charge in [-0.15, -0.1) is 0 Å². The highest BCUT2D eigenvalue weighted by atomic mass is 35.5. The Morgan fingerprint density at radius 2 is 1.82 bits per heavy atom. The van der Waals surface area contributed by atoms with Gasteiger partial charge >= 0.3 is 5.91 Å². The second-order valence-electron chi connectivity index (χ2n) is 9.79. The SMILES string of the molecule is Nc1nc(N)c(C(=O)/N=C2\NCC3(CCN(C(=O)C4CC(=O)N(Cc5ccc(Cl)cc5)C4)CC3)N2)nc1Cl. The number of likely N-dealkylation sites (tertiary alicyclic amines) is 2. The number of halogens is 2. The Kier molecular flexibility index (Phi) is 7.01. The van der Waals surface area contributed by atoms with Gasteiger partial charge in [0, 0.05) is 44.2 Å². The van der Waals surface area contributed by atoms with Crippen LogP contribution in [0.1, 0.15) is 35.3 Å². The lowest BCUT2D eigenvalue weighted by Gasteiger charge is -2.39. The van der Waals surface area contributed by atoms with Crippen molar-refractivity contribution >= 4 is 58.5 Å². The highest BCUT2D eigenvalue weighted by Crippen LogP contribution is 2.28. The van der Waals surface area contributed by atoms with Gasteiger partial charge in [0.2, 0.25) is 11.8 Å². The number of guanidine groups is 1. The number of carbonyl (C=O) groups excluding carboxylic acids is 3. The molecule has 6 N–H and O–H groups in total. The maximum atomic E-state index is 13.2. The van der Waals surface area contributed by atoms with Crippen LogP contribution in [0.5, 0.6) is 0 Å². The number of nitrogens with zero attached hydrogens (tertiary/aromatic N) is 5. The minimum Gasteiger partial charge on any atom is -0.382 e. The van der Waals surface area contributed by atoms with Crippen LogP contribution in [-0.4, -0.2) is 75.2 Å². The molecule has 3 aliphatic heterocycles. The Bertz CT molecular complexity index is 1310. The van der Waals surface area contributed by atoms with E-state index < -0.39 is 5.91 Å². The van der Waals surface area contributed by atoms with Crippen LogP contribution in [0.2, 0.25) is 10.2 Å². The molecule has 3 amide bonds. The zero-order chi connectivity index (χ0) is 27.0. The summed E-state index contributed by atoms with van der Waals surface area (Å²) in [6.07, 6.45) is 1.53. The molecule has 1 aromatic carbocycles. The maximum Gasteiger partial charge on any atom is 0.302 e. The molecular weight excluding hydrogens is 533 g/mol. The first-order chi connectivity index (χ1) is 18.1. The van der Waals surface area contributed by atoms with Crippen LogP contribution < -0.4 is 22.1 Å². The number of carbonyl (C=O) groups is 3.